The molecule has 0 spiro atoms. The Kier molecular flexibility index (Phi) is 5.34. The van der Waals surface area contributed by atoms with Gasteiger partial charge < -0.3 is 10.6 Å². The summed E-state index contributed by atoms with van der Waals surface area (Å²) in [6.45, 7) is 5.96. The number of carbonyl (C=O) groups is 2. The Balaban J connectivity index is 2.77. The number of rotatable bonds is 4. The number of hydrogen-bond donors (Lipinski definition) is 2. The van der Waals surface area contributed by atoms with Crippen LogP contribution in [-0.2, 0) is 4.79 Å². The Morgan fingerprint density at radius 1 is 1.39 bits per heavy atom. The Bertz CT molecular complexity index is 460. The zero-order valence-electron chi connectivity index (χ0n) is 10.7. The average molecular weight is 313 g/mol. The standard InChI is InChI=1S/C13H17BrN2O2/c1-4-15-12(17)9(3)16-13(18)10-7-5-6-8(2)11(10)14/h5-7,9H,4H2,1-3H3,(H,15,17)(H,16,18). The van der Waals surface area contributed by atoms with Gasteiger partial charge >= 0.3 is 0 Å². The maximum Gasteiger partial charge on any atom is 0.253 e. The highest BCUT2D eigenvalue weighted by atomic mass is 79.9. The summed E-state index contributed by atoms with van der Waals surface area (Å²) in [6.07, 6.45) is 0. The molecular formula is C13H17BrN2O2. The summed E-state index contributed by atoms with van der Waals surface area (Å²) >= 11 is 3.38. The van der Waals surface area contributed by atoms with Crippen LogP contribution in [0.3, 0.4) is 0 Å². The molecule has 2 N–H and O–H groups in total. The molecule has 0 aromatic heterocycles. The van der Waals surface area contributed by atoms with Crippen molar-refractivity contribution in [2.24, 2.45) is 0 Å². The lowest BCUT2D eigenvalue weighted by Gasteiger charge is -2.14. The molecule has 0 saturated heterocycles. The Hall–Kier alpha value is -1.36. The Morgan fingerprint density at radius 3 is 2.67 bits per heavy atom. The lowest BCUT2D eigenvalue weighted by atomic mass is 10.1. The highest BCUT2D eigenvalue weighted by Crippen LogP contribution is 2.20. The summed E-state index contributed by atoms with van der Waals surface area (Å²) < 4.78 is 0.755. The van der Waals surface area contributed by atoms with Crippen LogP contribution in [0, 0.1) is 6.92 Å². The van der Waals surface area contributed by atoms with Crippen molar-refractivity contribution in [1.82, 2.24) is 10.6 Å². The van der Waals surface area contributed by atoms with E-state index in [1.807, 2.05) is 26.0 Å². The summed E-state index contributed by atoms with van der Waals surface area (Å²) in [4.78, 5) is 23.5. The SMILES string of the molecule is CCNC(=O)C(C)NC(=O)c1cccc(C)c1Br. The minimum Gasteiger partial charge on any atom is -0.355 e. The van der Waals surface area contributed by atoms with Crippen molar-refractivity contribution < 1.29 is 9.59 Å². The van der Waals surface area contributed by atoms with Gasteiger partial charge in [-0.05, 0) is 48.3 Å². The fraction of sp³-hybridized carbons (Fsp3) is 0.385. The normalized spacial score (nSPS) is 11.8. The minimum atomic E-state index is -0.551. The van der Waals surface area contributed by atoms with Crippen LogP contribution in [0.4, 0.5) is 0 Å². The molecule has 0 aliphatic rings. The average Bonchev–Trinajstić information content (AvgIpc) is 2.32. The van der Waals surface area contributed by atoms with Gasteiger partial charge in [0.1, 0.15) is 6.04 Å². The van der Waals surface area contributed by atoms with E-state index in [0.29, 0.717) is 12.1 Å². The van der Waals surface area contributed by atoms with Gasteiger partial charge in [0, 0.05) is 11.0 Å². The zero-order chi connectivity index (χ0) is 13.7. The maximum absolute atomic E-state index is 12.0. The van der Waals surface area contributed by atoms with Crippen molar-refractivity contribution in [3.8, 4) is 0 Å². The maximum atomic E-state index is 12.0. The quantitative estimate of drug-likeness (QED) is 0.893. The van der Waals surface area contributed by atoms with E-state index in [-0.39, 0.29) is 11.8 Å². The predicted octanol–water partition coefficient (Wildman–Crippen LogP) is 2.01. The minimum absolute atomic E-state index is 0.186. The second-order valence-electron chi connectivity index (χ2n) is 4.03. The monoisotopic (exact) mass is 312 g/mol. The second kappa shape index (κ2) is 6.54. The van der Waals surface area contributed by atoms with Gasteiger partial charge in [0.15, 0.2) is 0 Å². The van der Waals surface area contributed by atoms with Crippen molar-refractivity contribution in [1.29, 1.82) is 0 Å². The highest BCUT2D eigenvalue weighted by Gasteiger charge is 2.17. The van der Waals surface area contributed by atoms with Gasteiger partial charge in [-0.25, -0.2) is 0 Å². The number of benzene rings is 1. The van der Waals surface area contributed by atoms with Crippen molar-refractivity contribution in [2.45, 2.75) is 26.8 Å². The first kappa shape index (κ1) is 14.7. The van der Waals surface area contributed by atoms with Crippen LogP contribution in [-0.4, -0.2) is 24.4 Å². The van der Waals surface area contributed by atoms with Crippen LogP contribution in [0.1, 0.15) is 29.8 Å². The van der Waals surface area contributed by atoms with Crippen LogP contribution in [0.2, 0.25) is 0 Å². The van der Waals surface area contributed by atoms with Gasteiger partial charge in [-0.3, -0.25) is 9.59 Å². The van der Waals surface area contributed by atoms with Gasteiger partial charge in [0.05, 0.1) is 5.56 Å². The Labute approximate surface area is 115 Å². The summed E-state index contributed by atoms with van der Waals surface area (Å²) in [6, 6.07) is 4.89. The molecule has 98 valence electrons. The lowest BCUT2D eigenvalue weighted by Crippen LogP contribution is -2.44. The van der Waals surface area contributed by atoms with E-state index in [9.17, 15) is 9.59 Å². The number of carbonyl (C=O) groups excluding carboxylic acids is 2. The van der Waals surface area contributed by atoms with Gasteiger partial charge in [0.2, 0.25) is 5.91 Å². The molecule has 1 rings (SSSR count). The summed E-state index contributed by atoms with van der Waals surface area (Å²) in [5.74, 6) is -0.445. The largest absolute Gasteiger partial charge is 0.355 e. The topological polar surface area (TPSA) is 58.2 Å². The summed E-state index contributed by atoms with van der Waals surface area (Å²) in [5.41, 5.74) is 1.51. The number of aryl methyl sites for hydroxylation is 1. The number of nitrogens with one attached hydrogen (secondary N) is 2. The molecule has 18 heavy (non-hydrogen) atoms. The summed E-state index contributed by atoms with van der Waals surface area (Å²) in [7, 11) is 0. The van der Waals surface area contributed by atoms with E-state index in [0.717, 1.165) is 10.0 Å². The molecule has 0 aliphatic carbocycles. The summed E-state index contributed by atoms with van der Waals surface area (Å²) in [5, 5.41) is 5.33. The zero-order valence-corrected chi connectivity index (χ0v) is 12.3. The highest BCUT2D eigenvalue weighted by molar-refractivity contribution is 9.10. The van der Waals surface area contributed by atoms with Crippen LogP contribution < -0.4 is 10.6 Å². The fourth-order valence-corrected chi connectivity index (χ4v) is 1.93. The first-order valence-corrected chi connectivity index (χ1v) is 6.60. The van der Waals surface area contributed by atoms with E-state index in [1.54, 1.807) is 13.0 Å². The molecule has 0 radical (unpaired) electrons. The predicted molar refractivity (Wildman–Crippen MR) is 74.5 cm³/mol. The van der Waals surface area contributed by atoms with Crippen LogP contribution in [0.5, 0.6) is 0 Å². The van der Waals surface area contributed by atoms with Gasteiger partial charge in [0.25, 0.3) is 5.91 Å². The Morgan fingerprint density at radius 2 is 2.06 bits per heavy atom. The molecule has 1 aromatic carbocycles. The van der Waals surface area contributed by atoms with Crippen LogP contribution in [0.15, 0.2) is 22.7 Å². The molecule has 1 aromatic rings. The lowest BCUT2D eigenvalue weighted by molar-refractivity contribution is -0.122. The molecular weight excluding hydrogens is 296 g/mol. The van der Waals surface area contributed by atoms with Gasteiger partial charge in [-0.1, -0.05) is 12.1 Å². The number of amides is 2. The molecule has 5 heteroatoms. The van der Waals surface area contributed by atoms with E-state index in [4.69, 9.17) is 0 Å². The van der Waals surface area contributed by atoms with E-state index in [1.165, 1.54) is 0 Å². The van der Waals surface area contributed by atoms with Crippen molar-refractivity contribution in [3.63, 3.8) is 0 Å². The van der Waals surface area contributed by atoms with Crippen molar-refractivity contribution in [3.05, 3.63) is 33.8 Å². The number of halogens is 1. The third kappa shape index (κ3) is 3.57. The molecule has 2 amide bonds. The fourth-order valence-electron chi connectivity index (χ4n) is 1.49. The van der Waals surface area contributed by atoms with E-state index in [2.05, 4.69) is 26.6 Å². The van der Waals surface area contributed by atoms with Crippen LogP contribution in [0.25, 0.3) is 0 Å². The number of likely N-dealkylation sites (N-methyl/N-ethyl adjacent to an activating group) is 1. The van der Waals surface area contributed by atoms with E-state index < -0.39 is 6.04 Å². The molecule has 1 unspecified atom stereocenters. The molecule has 0 aliphatic heterocycles. The van der Waals surface area contributed by atoms with Crippen molar-refractivity contribution in [2.75, 3.05) is 6.54 Å². The van der Waals surface area contributed by atoms with E-state index >= 15 is 0 Å². The molecule has 1 atom stereocenters. The van der Waals surface area contributed by atoms with Crippen molar-refractivity contribution >= 4 is 27.7 Å². The molecule has 0 saturated carbocycles. The molecule has 0 fully saturated rings. The number of hydrogen-bond acceptors (Lipinski definition) is 2. The third-order valence-corrected chi connectivity index (χ3v) is 3.58. The van der Waals surface area contributed by atoms with Crippen LogP contribution >= 0.6 is 15.9 Å². The molecule has 0 bridgehead atoms. The van der Waals surface area contributed by atoms with Gasteiger partial charge in [-0.15, -0.1) is 0 Å². The third-order valence-electron chi connectivity index (χ3n) is 2.53. The van der Waals surface area contributed by atoms with Gasteiger partial charge in [-0.2, -0.15) is 0 Å². The molecule has 0 heterocycles. The smallest absolute Gasteiger partial charge is 0.253 e. The second-order valence-corrected chi connectivity index (χ2v) is 4.82. The molecule has 4 nitrogen and oxygen atoms in total. The first-order valence-electron chi connectivity index (χ1n) is 5.81. The first-order chi connectivity index (χ1) is 8.47.